The monoisotopic (exact) mass is 556 g/mol. The number of aliphatic carboxylic acids is 2. The molecule has 0 saturated heterocycles. The van der Waals surface area contributed by atoms with Crippen LogP contribution in [0.25, 0.3) is 0 Å². The predicted molar refractivity (Wildman–Crippen MR) is 174 cm³/mol. The van der Waals surface area contributed by atoms with Crippen LogP contribution in [-0.4, -0.2) is 22.2 Å². The SMILES string of the molecule is CC/C=C\C/C=C\C/C=C\CCCCCCCC(=O)O.CCCCCC=CCC=CCC=CCCCCC(=O)O. The molecule has 0 aliphatic heterocycles. The Morgan fingerprint density at radius 2 is 0.750 bits per heavy atom. The van der Waals surface area contributed by atoms with Crippen LogP contribution in [0.5, 0.6) is 0 Å². The van der Waals surface area contributed by atoms with E-state index in [0.717, 1.165) is 77.0 Å². The van der Waals surface area contributed by atoms with Crippen molar-refractivity contribution >= 4 is 11.9 Å². The van der Waals surface area contributed by atoms with Crippen LogP contribution in [0.1, 0.15) is 142 Å². The van der Waals surface area contributed by atoms with E-state index < -0.39 is 11.9 Å². The molecule has 0 spiro atoms. The number of allylic oxidation sites excluding steroid dienone is 12. The summed E-state index contributed by atoms with van der Waals surface area (Å²) in [5.74, 6) is -1.37. The summed E-state index contributed by atoms with van der Waals surface area (Å²) in [6.45, 7) is 4.38. The van der Waals surface area contributed by atoms with E-state index in [0.29, 0.717) is 12.8 Å². The first-order valence-electron chi connectivity index (χ1n) is 15.9. The van der Waals surface area contributed by atoms with Crippen molar-refractivity contribution in [3.8, 4) is 0 Å². The lowest BCUT2D eigenvalue weighted by Gasteiger charge is -1.98. The lowest BCUT2D eigenvalue weighted by atomic mass is 10.1. The topological polar surface area (TPSA) is 74.6 Å². The molecule has 0 radical (unpaired) electrons. The molecule has 0 rings (SSSR count). The third-order valence-electron chi connectivity index (χ3n) is 6.07. The standard InChI is InChI=1S/2C18H30O2/c2*1-2-3-4-5-6-7-8-9-10-11-12-13-14-15-16-17-18(19)20/h6-7,9-10,12-13H,2-5,8,11,14-17H2,1H3,(H,19,20);3-4,6-7,9-10H,2,5,8,11-17H2,1H3,(H,19,20)/b;4-3-,7-6-,10-9-. The minimum Gasteiger partial charge on any atom is -0.481 e. The van der Waals surface area contributed by atoms with E-state index in [1.165, 1.54) is 38.5 Å². The number of carbonyl (C=O) groups is 2. The third kappa shape index (κ3) is 42.5. The van der Waals surface area contributed by atoms with Crippen LogP contribution in [-0.2, 0) is 9.59 Å². The quantitative estimate of drug-likeness (QED) is 0.0820. The largest absolute Gasteiger partial charge is 0.481 e. The summed E-state index contributed by atoms with van der Waals surface area (Å²) >= 11 is 0. The fourth-order valence-corrected chi connectivity index (χ4v) is 3.72. The van der Waals surface area contributed by atoms with Crippen LogP contribution < -0.4 is 0 Å². The van der Waals surface area contributed by atoms with Gasteiger partial charge in [0.15, 0.2) is 0 Å². The maximum absolute atomic E-state index is 10.3. The first kappa shape index (κ1) is 39.5. The van der Waals surface area contributed by atoms with E-state index >= 15 is 0 Å². The Morgan fingerprint density at radius 1 is 0.425 bits per heavy atom. The van der Waals surface area contributed by atoms with E-state index in [9.17, 15) is 9.59 Å². The minimum absolute atomic E-state index is 0.290. The summed E-state index contributed by atoms with van der Waals surface area (Å²) in [5, 5.41) is 17.0. The van der Waals surface area contributed by atoms with Gasteiger partial charge in [-0.1, -0.05) is 119 Å². The van der Waals surface area contributed by atoms with Crippen molar-refractivity contribution < 1.29 is 19.8 Å². The van der Waals surface area contributed by atoms with Crippen molar-refractivity contribution in [1.29, 1.82) is 0 Å². The highest BCUT2D eigenvalue weighted by Gasteiger charge is 1.96. The van der Waals surface area contributed by atoms with Crippen LogP contribution in [0.3, 0.4) is 0 Å². The lowest BCUT2D eigenvalue weighted by molar-refractivity contribution is -0.138. The molecule has 0 atom stereocenters. The van der Waals surface area contributed by atoms with Gasteiger partial charge in [-0.05, 0) is 83.5 Å². The molecule has 0 aromatic rings. The van der Waals surface area contributed by atoms with Gasteiger partial charge in [0.1, 0.15) is 0 Å². The highest BCUT2D eigenvalue weighted by atomic mass is 16.4. The van der Waals surface area contributed by atoms with Gasteiger partial charge >= 0.3 is 11.9 Å². The van der Waals surface area contributed by atoms with Crippen molar-refractivity contribution in [1.82, 2.24) is 0 Å². The molecule has 2 N–H and O–H groups in total. The average molecular weight is 557 g/mol. The molecular weight excluding hydrogens is 496 g/mol. The molecule has 0 bridgehead atoms. The second-order valence-corrected chi connectivity index (χ2v) is 10.0. The molecule has 228 valence electrons. The Kier molecular flexibility index (Phi) is 35.9. The average Bonchev–Trinajstić information content (AvgIpc) is 2.93. The zero-order valence-corrected chi connectivity index (χ0v) is 25.8. The van der Waals surface area contributed by atoms with Crippen LogP contribution in [0.2, 0.25) is 0 Å². The summed E-state index contributed by atoms with van der Waals surface area (Å²) in [4.78, 5) is 20.6. The zero-order valence-electron chi connectivity index (χ0n) is 25.8. The number of unbranched alkanes of at least 4 members (excludes halogenated alkanes) is 10. The van der Waals surface area contributed by atoms with Gasteiger partial charge < -0.3 is 10.2 Å². The molecule has 0 unspecified atom stereocenters. The van der Waals surface area contributed by atoms with E-state index in [4.69, 9.17) is 10.2 Å². The van der Waals surface area contributed by atoms with Crippen molar-refractivity contribution in [3.05, 3.63) is 72.9 Å². The van der Waals surface area contributed by atoms with Crippen LogP contribution in [0.15, 0.2) is 72.9 Å². The maximum Gasteiger partial charge on any atom is 0.303 e. The van der Waals surface area contributed by atoms with Gasteiger partial charge in [-0.15, -0.1) is 0 Å². The number of carboxylic acids is 2. The second kappa shape index (κ2) is 36.4. The fraction of sp³-hybridized carbons (Fsp3) is 0.611. The molecule has 0 aromatic carbocycles. The van der Waals surface area contributed by atoms with Crippen molar-refractivity contribution in [3.63, 3.8) is 0 Å². The van der Waals surface area contributed by atoms with Crippen molar-refractivity contribution in [2.45, 2.75) is 142 Å². The fourth-order valence-electron chi connectivity index (χ4n) is 3.72. The van der Waals surface area contributed by atoms with E-state index in [1.54, 1.807) is 0 Å². The molecule has 0 aromatic heterocycles. The molecule has 0 heterocycles. The van der Waals surface area contributed by atoms with Gasteiger partial charge in [0.05, 0.1) is 0 Å². The first-order valence-corrected chi connectivity index (χ1v) is 15.9. The van der Waals surface area contributed by atoms with E-state index in [1.807, 2.05) is 0 Å². The lowest BCUT2D eigenvalue weighted by Crippen LogP contribution is -1.93. The Balaban J connectivity index is 0. The van der Waals surface area contributed by atoms with Gasteiger partial charge in [-0.3, -0.25) is 9.59 Å². The van der Waals surface area contributed by atoms with Crippen LogP contribution in [0.4, 0.5) is 0 Å². The van der Waals surface area contributed by atoms with E-state index in [2.05, 4.69) is 86.8 Å². The number of hydrogen-bond acceptors (Lipinski definition) is 2. The zero-order chi connectivity index (χ0) is 29.8. The normalized spacial score (nSPS) is 12.1. The molecule has 40 heavy (non-hydrogen) atoms. The highest BCUT2D eigenvalue weighted by Crippen LogP contribution is 2.08. The Hall–Kier alpha value is -2.62. The van der Waals surface area contributed by atoms with Crippen LogP contribution >= 0.6 is 0 Å². The minimum atomic E-state index is -0.695. The molecule has 0 saturated carbocycles. The molecule has 0 aliphatic carbocycles. The van der Waals surface area contributed by atoms with Crippen LogP contribution in [0, 0.1) is 0 Å². The maximum atomic E-state index is 10.3. The van der Waals surface area contributed by atoms with Gasteiger partial charge in [0, 0.05) is 12.8 Å². The van der Waals surface area contributed by atoms with Gasteiger partial charge in [-0.25, -0.2) is 0 Å². The highest BCUT2D eigenvalue weighted by molar-refractivity contribution is 5.66. The molecule has 0 amide bonds. The summed E-state index contributed by atoms with van der Waals surface area (Å²) < 4.78 is 0. The molecule has 4 nitrogen and oxygen atoms in total. The van der Waals surface area contributed by atoms with E-state index in [-0.39, 0.29) is 0 Å². The molecule has 0 aliphatic rings. The molecular formula is C36H60O4. The molecule has 4 heteroatoms. The van der Waals surface area contributed by atoms with Gasteiger partial charge in [0.2, 0.25) is 0 Å². The Labute approximate surface area is 246 Å². The summed E-state index contributed by atoms with van der Waals surface area (Å²) in [7, 11) is 0. The van der Waals surface area contributed by atoms with Crippen molar-refractivity contribution in [2.75, 3.05) is 0 Å². The smallest absolute Gasteiger partial charge is 0.303 e. The van der Waals surface area contributed by atoms with Gasteiger partial charge in [0.25, 0.3) is 0 Å². The number of hydrogen-bond donors (Lipinski definition) is 2. The summed E-state index contributed by atoms with van der Waals surface area (Å²) in [6, 6.07) is 0. The summed E-state index contributed by atoms with van der Waals surface area (Å²) in [6.07, 6.45) is 46.7. The Bertz CT molecular complexity index is 725. The summed E-state index contributed by atoms with van der Waals surface area (Å²) in [5.41, 5.74) is 0. The first-order chi connectivity index (χ1) is 19.5. The Morgan fingerprint density at radius 3 is 1.18 bits per heavy atom. The predicted octanol–water partition coefficient (Wildman–Crippen LogP) is 11.3. The second-order valence-electron chi connectivity index (χ2n) is 10.0. The number of carboxylic acid groups (broad SMARTS) is 2. The number of rotatable bonds is 26. The molecule has 0 fully saturated rings. The third-order valence-corrected chi connectivity index (χ3v) is 6.07. The van der Waals surface area contributed by atoms with Crippen molar-refractivity contribution in [2.24, 2.45) is 0 Å². The van der Waals surface area contributed by atoms with Gasteiger partial charge in [-0.2, -0.15) is 0 Å².